The van der Waals surface area contributed by atoms with Gasteiger partial charge >= 0.3 is 12.0 Å². The van der Waals surface area contributed by atoms with Crippen LogP contribution < -0.4 is 5.32 Å². The van der Waals surface area contributed by atoms with Gasteiger partial charge in [0.15, 0.2) is 0 Å². The van der Waals surface area contributed by atoms with Crippen LogP contribution in [0.1, 0.15) is 50.0 Å². The molecule has 3 unspecified atom stereocenters. The van der Waals surface area contributed by atoms with Crippen molar-refractivity contribution in [3.05, 3.63) is 35.9 Å². The lowest BCUT2D eigenvalue weighted by Gasteiger charge is -2.35. The molecule has 1 aliphatic carbocycles. The molecule has 1 saturated carbocycles. The summed E-state index contributed by atoms with van der Waals surface area (Å²) in [7, 11) is 0. The van der Waals surface area contributed by atoms with Crippen molar-refractivity contribution in [1.29, 1.82) is 0 Å². The van der Waals surface area contributed by atoms with Crippen LogP contribution in [0, 0.1) is 5.92 Å². The molecule has 0 bridgehead atoms. The summed E-state index contributed by atoms with van der Waals surface area (Å²) in [5.41, 5.74) is 1.35. The smallest absolute Gasteiger partial charge is 0.317 e. The Balaban J connectivity index is 1.55. The van der Waals surface area contributed by atoms with Crippen molar-refractivity contribution in [2.24, 2.45) is 5.92 Å². The zero-order valence-electron chi connectivity index (χ0n) is 14.0. The highest BCUT2D eigenvalue weighted by molar-refractivity contribution is 5.76. The summed E-state index contributed by atoms with van der Waals surface area (Å²) >= 11 is 0. The van der Waals surface area contributed by atoms with E-state index in [1.807, 2.05) is 6.07 Å². The maximum Gasteiger partial charge on any atom is 0.317 e. The van der Waals surface area contributed by atoms with Crippen molar-refractivity contribution in [3.63, 3.8) is 0 Å². The van der Waals surface area contributed by atoms with Crippen LogP contribution >= 0.6 is 0 Å². The van der Waals surface area contributed by atoms with E-state index in [4.69, 9.17) is 5.11 Å². The predicted octanol–water partition coefficient (Wildman–Crippen LogP) is 3.22. The van der Waals surface area contributed by atoms with Gasteiger partial charge in [-0.05, 0) is 43.6 Å². The van der Waals surface area contributed by atoms with Gasteiger partial charge in [0.2, 0.25) is 0 Å². The van der Waals surface area contributed by atoms with E-state index in [1.165, 1.54) is 12.0 Å². The van der Waals surface area contributed by atoms with E-state index in [1.54, 1.807) is 4.90 Å². The topological polar surface area (TPSA) is 69.6 Å². The molecule has 1 heterocycles. The zero-order chi connectivity index (χ0) is 16.9. The molecule has 2 fully saturated rings. The van der Waals surface area contributed by atoms with Crippen LogP contribution in [0.3, 0.4) is 0 Å². The van der Waals surface area contributed by atoms with Gasteiger partial charge in [-0.3, -0.25) is 4.79 Å². The number of hydrogen-bond acceptors (Lipinski definition) is 2. The molecule has 2 amide bonds. The maximum absolute atomic E-state index is 12.5. The molecule has 130 valence electrons. The molecule has 2 aliphatic rings. The molecule has 2 N–H and O–H groups in total. The fourth-order valence-electron chi connectivity index (χ4n) is 3.98. The summed E-state index contributed by atoms with van der Waals surface area (Å²) in [4.78, 5) is 25.3. The molecule has 3 rings (SSSR count). The fraction of sp³-hybridized carbons (Fsp3) is 0.579. The molecular formula is C19H26N2O3. The van der Waals surface area contributed by atoms with E-state index in [0.717, 1.165) is 25.7 Å². The second kappa shape index (κ2) is 7.69. The molecule has 5 heteroatoms. The van der Waals surface area contributed by atoms with Crippen LogP contribution in [0.2, 0.25) is 0 Å². The van der Waals surface area contributed by atoms with Gasteiger partial charge in [-0.2, -0.15) is 0 Å². The lowest BCUT2D eigenvalue weighted by Crippen LogP contribution is -2.50. The minimum absolute atomic E-state index is 0.0975. The third-order valence-electron chi connectivity index (χ3n) is 5.33. The Hall–Kier alpha value is -2.04. The van der Waals surface area contributed by atoms with Crippen molar-refractivity contribution in [2.45, 2.75) is 50.5 Å². The summed E-state index contributed by atoms with van der Waals surface area (Å²) in [6.07, 6.45) is 5.68. The van der Waals surface area contributed by atoms with E-state index in [-0.39, 0.29) is 12.1 Å². The first-order valence-corrected chi connectivity index (χ1v) is 8.96. The number of hydrogen-bond donors (Lipinski definition) is 2. The quantitative estimate of drug-likeness (QED) is 0.894. The van der Waals surface area contributed by atoms with Gasteiger partial charge in [-0.25, -0.2) is 4.79 Å². The number of carbonyl (C=O) groups is 2. The minimum Gasteiger partial charge on any atom is -0.481 e. The minimum atomic E-state index is -0.797. The maximum atomic E-state index is 12.5. The zero-order valence-corrected chi connectivity index (χ0v) is 14.0. The number of urea groups is 1. The number of benzene rings is 1. The average Bonchev–Trinajstić information content (AvgIpc) is 2.63. The van der Waals surface area contributed by atoms with Crippen LogP contribution in [-0.4, -0.2) is 41.1 Å². The standard InChI is InChI=1S/C19H26N2O3/c22-18(23)16-9-5-11-21(13-16)19(24)20-17-10-4-8-15(12-17)14-6-2-1-3-7-14/h1-3,6-7,15-17H,4-5,8-13H2,(H,20,24)(H,22,23). The predicted molar refractivity (Wildman–Crippen MR) is 91.9 cm³/mol. The number of carbonyl (C=O) groups excluding carboxylic acids is 1. The summed E-state index contributed by atoms with van der Waals surface area (Å²) in [6, 6.07) is 10.6. The number of piperidine rings is 1. The third-order valence-corrected chi connectivity index (χ3v) is 5.33. The highest BCUT2D eigenvalue weighted by Crippen LogP contribution is 2.32. The average molecular weight is 330 g/mol. The highest BCUT2D eigenvalue weighted by Gasteiger charge is 2.30. The molecule has 24 heavy (non-hydrogen) atoms. The van der Waals surface area contributed by atoms with Crippen LogP contribution in [0.25, 0.3) is 0 Å². The monoisotopic (exact) mass is 330 g/mol. The van der Waals surface area contributed by atoms with Crippen LogP contribution in [0.15, 0.2) is 30.3 Å². The number of likely N-dealkylation sites (tertiary alicyclic amines) is 1. The Morgan fingerprint density at radius 2 is 1.88 bits per heavy atom. The lowest BCUT2D eigenvalue weighted by molar-refractivity contribution is -0.143. The lowest BCUT2D eigenvalue weighted by atomic mass is 9.81. The van der Waals surface area contributed by atoms with Crippen molar-refractivity contribution in [2.75, 3.05) is 13.1 Å². The molecule has 1 aromatic rings. The Morgan fingerprint density at radius 1 is 1.08 bits per heavy atom. The molecule has 5 nitrogen and oxygen atoms in total. The number of nitrogens with one attached hydrogen (secondary N) is 1. The van der Waals surface area contributed by atoms with Crippen molar-refractivity contribution in [3.8, 4) is 0 Å². The van der Waals surface area contributed by atoms with Crippen LogP contribution in [0.5, 0.6) is 0 Å². The summed E-state index contributed by atoms with van der Waals surface area (Å²) < 4.78 is 0. The van der Waals surface area contributed by atoms with E-state index >= 15 is 0 Å². The molecular weight excluding hydrogens is 304 g/mol. The number of aliphatic carboxylic acids is 1. The third kappa shape index (κ3) is 4.08. The van der Waals surface area contributed by atoms with Crippen molar-refractivity contribution >= 4 is 12.0 Å². The molecule has 1 saturated heterocycles. The largest absolute Gasteiger partial charge is 0.481 e. The Kier molecular flexibility index (Phi) is 5.38. The van der Waals surface area contributed by atoms with E-state index in [2.05, 4.69) is 29.6 Å². The SMILES string of the molecule is O=C(O)C1CCCN(C(=O)NC2CCCC(c3ccccc3)C2)C1. The molecule has 1 aliphatic heterocycles. The van der Waals surface area contributed by atoms with Gasteiger partial charge in [0.25, 0.3) is 0 Å². The second-order valence-electron chi connectivity index (χ2n) is 7.04. The Morgan fingerprint density at radius 3 is 2.62 bits per heavy atom. The van der Waals surface area contributed by atoms with Gasteiger partial charge < -0.3 is 15.3 Å². The molecule has 0 radical (unpaired) electrons. The van der Waals surface area contributed by atoms with Crippen LogP contribution in [0.4, 0.5) is 4.79 Å². The molecule has 1 aromatic carbocycles. The van der Waals surface area contributed by atoms with E-state index in [0.29, 0.717) is 25.4 Å². The molecule has 0 aromatic heterocycles. The summed E-state index contributed by atoms with van der Waals surface area (Å²) in [6.45, 7) is 0.987. The van der Waals surface area contributed by atoms with Gasteiger partial charge in [-0.15, -0.1) is 0 Å². The Labute approximate surface area is 143 Å². The number of carboxylic acid groups (broad SMARTS) is 1. The highest BCUT2D eigenvalue weighted by atomic mass is 16.4. The second-order valence-corrected chi connectivity index (χ2v) is 7.04. The van der Waals surface area contributed by atoms with Gasteiger partial charge in [0.1, 0.15) is 0 Å². The molecule has 0 spiro atoms. The van der Waals surface area contributed by atoms with Crippen LogP contribution in [-0.2, 0) is 4.79 Å². The number of rotatable bonds is 3. The number of amides is 2. The fourth-order valence-corrected chi connectivity index (χ4v) is 3.98. The Bertz CT molecular complexity index is 575. The van der Waals surface area contributed by atoms with E-state index < -0.39 is 11.9 Å². The first kappa shape index (κ1) is 16.8. The first-order valence-electron chi connectivity index (χ1n) is 8.96. The summed E-state index contributed by atoms with van der Waals surface area (Å²) in [5.74, 6) is -0.722. The number of nitrogens with zero attached hydrogens (tertiary/aromatic N) is 1. The van der Waals surface area contributed by atoms with Crippen molar-refractivity contribution in [1.82, 2.24) is 10.2 Å². The normalized spacial score (nSPS) is 27.5. The van der Waals surface area contributed by atoms with E-state index in [9.17, 15) is 9.59 Å². The van der Waals surface area contributed by atoms with Gasteiger partial charge in [0.05, 0.1) is 5.92 Å². The summed E-state index contributed by atoms with van der Waals surface area (Å²) in [5, 5.41) is 12.3. The molecule has 3 atom stereocenters. The number of carboxylic acids is 1. The van der Waals surface area contributed by atoms with Gasteiger partial charge in [-0.1, -0.05) is 36.8 Å². The van der Waals surface area contributed by atoms with Gasteiger partial charge in [0, 0.05) is 19.1 Å². The first-order chi connectivity index (χ1) is 11.6. The van der Waals surface area contributed by atoms with Crippen molar-refractivity contribution < 1.29 is 14.7 Å².